The second-order valence-electron chi connectivity index (χ2n) is 5.08. The van der Waals surface area contributed by atoms with E-state index in [9.17, 15) is 9.90 Å². The summed E-state index contributed by atoms with van der Waals surface area (Å²) in [4.78, 5) is 11.8. The van der Waals surface area contributed by atoms with Crippen LogP contribution in [0.15, 0.2) is 30.3 Å². The van der Waals surface area contributed by atoms with Crippen molar-refractivity contribution in [3.8, 4) is 0 Å². The third kappa shape index (κ3) is 4.33. The molecule has 1 aliphatic carbocycles. The van der Waals surface area contributed by atoms with E-state index in [0.717, 1.165) is 18.4 Å². The topological polar surface area (TPSA) is 61.4 Å². The van der Waals surface area contributed by atoms with E-state index in [2.05, 4.69) is 10.6 Å². The average molecular weight is 262 g/mol. The monoisotopic (exact) mass is 262 g/mol. The lowest BCUT2D eigenvalue weighted by molar-refractivity contribution is -0.121. The van der Waals surface area contributed by atoms with E-state index in [4.69, 9.17) is 0 Å². The van der Waals surface area contributed by atoms with Gasteiger partial charge in [0, 0.05) is 6.04 Å². The minimum Gasteiger partial charge on any atom is -0.394 e. The Balaban J connectivity index is 1.78. The number of rotatable bonds is 6. The highest BCUT2D eigenvalue weighted by atomic mass is 16.3. The van der Waals surface area contributed by atoms with Gasteiger partial charge in [0.25, 0.3) is 0 Å². The van der Waals surface area contributed by atoms with Gasteiger partial charge in [-0.05, 0) is 18.4 Å². The molecule has 0 bridgehead atoms. The number of carbonyl (C=O) groups is 1. The quantitative estimate of drug-likeness (QED) is 0.725. The Labute approximate surface area is 114 Å². The second-order valence-corrected chi connectivity index (χ2v) is 5.08. The van der Waals surface area contributed by atoms with Crippen LogP contribution in [0.3, 0.4) is 0 Å². The van der Waals surface area contributed by atoms with Crippen LogP contribution in [0, 0.1) is 0 Å². The summed E-state index contributed by atoms with van der Waals surface area (Å²) in [6.45, 7) is 0.233. The van der Waals surface area contributed by atoms with Crippen LogP contribution in [0.1, 0.15) is 37.3 Å². The molecule has 0 aliphatic heterocycles. The molecule has 0 saturated heterocycles. The summed E-state index contributed by atoms with van der Waals surface area (Å²) in [5, 5.41) is 15.5. The largest absolute Gasteiger partial charge is 0.394 e. The molecule has 1 aliphatic rings. The number of hydrogen-bond donors (Lipinski definition) is 3. The lowest BCUT2D eigenvalue weighted by atomic mass is 10.1. The molecule has 1 fully saturated rings. The van der Waals surface area contributed by atoms with Crippen LogP contribution in [0.25, 0.3) is 0 Å². The highest BCUT2D eigenvalue weighted by Gasteiger charge is 2.17. The van der Waals surface area contributed by atoms with E-state index in [0.29, 0.717) is 6.04 Å². The van der Waals surface area contributed by atoms with Gasteiger partial charge in [0.05, 0.1) is 19.2 Å². The fraction of sp³-hybridized carbons (Fsp3) is 0.533. The van der Waals surface area contributed by atoms with Crippen LogP contribution < -0.4 is 10.6 Å². The van der Waals surface area contributed by atoms with Crippen LogP contribution in [-0.4, -0.2) is 30.2 Å². The van der Waals surface area contributed by atoms with Gasteiger partial charge in [-0.2, -0.15) is 0 Å². The van der Waals surface area contributed by atoms with Crippen molar-refractivity contribution in [1.82, 2.24) is 10.6 Å². The zero-order chi connectivity index (χ0) is 13.5. The van der Waals surface area contributed by atoms with E-state index >= 15 is 0 Å². The van der Waals surface area contributed by atoms with Crippen molar-refractivity contribution in [2.24, 2.45) is 0 Å². The molecule has 4 heteroatoms. The third-order valence-electron chi connectivity index (χ3n) is 3.61. The molecule has 19 heavy (non-hydrogen) atoms. The zero-order valence-corrected chi connectivity index (χ0v) is 11.1. The molecule has 4 nitrogen and oxygen atoms in total. The van der Waals surface area contributed by atoms with E-state index < -0.39 is 0 Å². The molecule has 1 amide bonds. The van der Waals surface area contributed by atoms with Crippen molar-refractivity contribution in [3.05, 3.63) is 35.9 Å². The van der Waals surface area contributed by atoms with Crippen LogP contribution in [-0.2, 0) is 4.79 Å². The van der Waals surface area contributed by atoms with Gasteiger partial charge >= 0.3 is 0 Å². The first-order chi connectivity index (χ1) is 9.29. The van der Waals surface area contributed by atoms with Gasteiger partial charge in [-0.15, -0.1) is 0 Å². The van der Waals surface area contributed by atoms with Crippen molar-refractivity contribution in [3.63, 3.8) is 0 Å². The zero-order valence-electron chi connectivity index (χ0n) is 11.1. The van der Waals surface area contributed by atoms with Gasteiger partial charge in [-0.25, -0.2) is 0 Å². The van der Waals surface area contributed by atoms with E-state index in [-0.39, 0.29) is 25.1 Å². The summed E-state index contributed by atoms with van der Waals surface area (Å²) in [5.41, 5.74) is 0.999. The molecule has 0 heterocycles. The lowest BCUT2D eigenvalue weighted by Crippen LogP contribution is -2.40. The van der Waals surface area contributed by atoms with Crippen LogP contribution in [0.5, 0.6) is 0 Å². The fourth-order valence-electron chi connectivity index (χ4n) is 2.54. The minimum atomic E-state index is -0.185. The van der Waals surface area contributed by atoms with Crippen LogP contribution in [0.2, 0.25) is 0 Å². The minimum absolute atomic E-state index is 0.0132. The Hall–Kier alpha value is -1.39. The second kappa shape index (κ2) is 7.26. The van der Waals surface area contributed by atoms with Crippen LogP contribution >= 0.6 is 0 Å². The maximum absolute atomic E-state index is 11.8. The number of hydrogen-bond acceptors (Lipinski definition) is 3. The smallest absolute Gasteiger partial charge is 0.234 e. The normalized spacial score (nSPS) is 17.3. The van der Waals surface area contributed by atoms with Gasteiger partial charge in [0.15, 0.2) is 0 Å². The maximum Gasteiger partial charge on any atom is 0.234 e. The first kappa shape index (κ1) is 14.0. The Morgan fingerprint density at radius 2 is 1.95 bits per heavy atom. The van der Waals surface area contributed by atoms with Crippen molar-refractivity contribution in [2.75, 3.05) is 13.2 Å². The van der Waals surface area contributed by atoms with Gasteiger partial charge in [-0.1, -0.05) is 43.2 Å². The molecule has 104 valence electrons. The molecule has 1 atom stereocenters. The number of nitrogens with one attached hydrogen (secondary N) is 2. The summed E-state index contributed by atoms with van der Waals surface area (Å²) in [6.07, 6.45) is 4.60. The van der Waals surface area contributed by atoms with Gasteiger partial charge < -0.3 is 10.4 Å². The summed E-state index contributed by atoms with van der Waals surface area (Å²) in [7, 11) is 0. The Morgan fingerprint density at radius 3 is 2.58 bits per heavy atom. The predicted octanol–water partition coefficient (Wildman–Crippen LogP) is 1.37. The Bertz CT molecular complexity index is 388. The molecule has 2 rings (SSSR count). The summed E-state index contributed by atoms with van der Waals surface area (Å²) < 4.78 is 0. The van der Waals surface area contributed by atoms with E-state index in [1.165, 1.54) is 12.8 Å². The van der Waals surface area contributed by atoms with Gasteiger partial charge in [0.2, 0.25) is 5.91 Å². The third-order valence-corrected chi connectivity index (χ3v) is 3.61. The number of amides is 1. The molecule has 0 aromatic heterocycles. The van der Waals surface area contributed by atoms with Crippen molar-refractivity contribution in [2.45, 2.75) is 37.8 Å². The Kier molecular flexibility index (Phi) is 5.36. The average Bonchev–Trinajstić information content (AvgIpc) is 2.93. The van der Waals surface area contributed by atoms with Gasteiger partial charge in [-0.3, -0.25) is 10.1 Å². The lowest BCUT2D eigenvalue weighted by Gasteiger charge is -2.18. The van der Waals surface area contributed by atoms with E-state index in [1.807, 2.05) is 30.3 Å². The summed E-state index contributed by atoms with van der Waals surface area (Å²) in [5.74, 6) is 0.0151. The summed E-state index contributed by atoms with van der Waals surface area (Å²) >= 11 is 0. The molecule has 3 N–H and O–H groups in total. The Morgan fingerprint density at radius 1 is 1.26 bits per heavy atom. The molecular formula is C15H22N2O2. The van der Waals surface area contributed by atoms with Crippen molar-refractivity contribution < 1.29 is 9.90 Å². The van der Waals surface area contributed by atoms with Gasteiger partial charge in [0.1, 0.15) is 0 Å². The molecule has 0 radical (unpaired) electrons. The van der Waals surface area contributed by atoms with Crippen molar-refractivity contribution >= 4 is 5.91 Å². The standard InChI is InChI=1S/C15H22N2O2/c18-11-14(12-6-2-1-3-7-12)16-10-15(19)17-13-8-4-5-9-13/h1-3,6-7,13-14,16,18H,4-5,8-11H2,(H,17,19). The summed E-state index contributed by atoms with van der Waals surface area (Å²) in [6, 6.07) is 9.85. The molecular weight excluding hydrogens is 240 g/mol. The van der Waals surface area contributed by atoms with Crippen LogP contribution in [0.4, 0.5) is 0 Å². The molecule has 1 aromatic rings. The number of benzene rings is 1. The molecule has 1 saturated carbocycles. The fourth-order valence-corrected chi connectivity index (χ4v) is 2.54. The maximum atomic E-state index is 11.8. The van der Waals surface area contributed by atoms with E-state index in [1.54, 1.807) is 0 Å². The first-order valence-corrected chi connectivity index (χ1v) is 6.98. The molecule has 1 aromatic carbocycles. The SMILES string of the molecule is O=C(CNC(CO)c1ccccc1)NC1CCCC1. The number of carbonyl (C=O) groups excluding carboxylic acids is 1. The molecule has 0 spiro atoms. The highest BCUT2D eigenvalue weighted by molar-refractivity contribution is 5.78. The highest BCUT2D eigenvalue weighted by Crippen LogP contribution is 2.17. The van der Waals surface area contributed by atoms with Crippen molar-refractivity contribution in [1.29, 1.82) is 0 Å². The molecule has 1 unspecified atom stereocenters. The number of aliphatic hydroxyl groups is 1. The number of aliphatic hydroxyl groups excluding tert-OH is 1. The predicted molar refractivity (Wildman–Crippen MR) is 74.7 cm³/mol. The first-order valence-electron chi connectivity index (χ1n) is 6.98.